The lowest BCUT2D eigenvalue weighted by Crippen LogP contribution is -2.34. The molecule has 1 N–H and O–H groups in total. The highest BCUT2D eigenvalue weighted by molar-refractivity contribution is 7.14. The van der Waals surface area contributed by atoms with Gasteiger partial charge in [-0.15, -0.1) is 23.7 Å². The molecule has 28 heavy (non-hydrogen) atoms. The molecule has 1 aliphatic heterocycles. The summed E-state index contributed by atoms with van der Waals surface area (Å²) in [7, 11) is 2.02. The molecule has 5 nitrogen and oxygen atoms in total. The third-order valence-electron chi connectivity index (χ3n) is 5.23. The number of carbonyl (C=O) groups is 1. The second kappa shape index (κ2) is 10.9. The van der Waals surface area contributed by atoms with Crippen molar-refractivity contribution in [2.45, 2.75) is 39.7 Å². The standard InChI is InChI=1S/C21H30N4OS.ClH/c1-16-4-6-20(7-5-16)25(17(2)26)21-23-19(15-27-21)14-24-12-9-18(10-13-24)8-11-22-3;/h4-7,15,18,22H,8-14H2,1-3H3;1H. The van der Waals surface area contributed by atoms with E-state index in [0.29, 0.717) is 0 Å². The van der Waals surface area contributed by atoms with E-state index in [1.54, 1.807) is 23.2 Å². The number of anilines is 2. The van der Waals surface area contributed by atoms with E-state index in [9.17, 15) is 4.79 Å². The average Bonchev–Trinajstić information content (AvgIpc) is 3.10. The first kappa shape index (κ1) is 22.8. The maximum Gasteiger partial charge on any atom is 0.230 e. The summed E-state index contributed by atoms with van der Waals surface area (Å²) in [5.41, 5.74) is 3.11. The fourth-order valence-corrected chi connectivity index (χ4v) is 4.48. The van der Waals surface area contributed by atoms with Crippen LogP contribution >= 0.6 is 23.7 Å². The van der Waals surface area contributed by atoms with Crippen LogP contribution in [0.15, 0.2) is 29.6 Å². The lowest BCUT2D eigenvalue weighted by molar-refractivity contribution is -0.115. The SMILES string of the molecule is CNCCC1CCN(Cc2csc(N(C(C)=O)c3ccc(C)cc3)n2)CC1.Cl. The fourth-order valence-electron chi connectivity index (χ4n) is 3.60. The molecule has 1 fully saturated rings. The number of nitrogens with one attached hydrogen (secondary N) is 1. The number of halogens is 1. The van der Waals surface area contributed by atoms with Gasteiger partial charge in [0.1, 0.15) is 0 Å². The molecule has 7 heteroatoms. The smallest absolute Gasteiger partial charge is 0.230 e. The summed E-state index contributed by atoms with van der Waals surface area (Å²) in [5.74, 6) is 0.833. The Bertz CT molecular complexity index is 741. The Hall–Kier alpha value is -1.47. The highest BCUT2D eigenvalue weighted by atomic mass is 35.5. The molecule has 0 unspecified atom stereocenters. The van der Waals surface area contributed by atoms with Crippen LogP contribution in [-0.2, 0) is 11.3 Å². The number of thiazole rings is 1. The van der Waals surface area contributed by atoms with Crippen LogP contribution in [-0.4, -0.2) is 42.5 Å². The van der Waals surface area contributed by atoms with Crippen molar-refractivity contribution in [3.63, 3.8) is 0 Å². The molecule has 1 saturated heterocycles. The maximum absolute atomic E-state index is 12.2. The Labute approximate surface area is 178 Å². The quantitative estimate of drug-likeness (QED) is 0.719. The van der Waals surface area contributed by atoms with Gasteiger partial charge in [0.2, 0.25) is 5.91 Å². The first-order valence-electron chi connectivity index (χ1n) is 9.75. The van der Waals surface area contributed by atoms with Crippen molar-refractivity contribution in [1.82, 2.24) is 15.2 Å². The molecular weight excluding hydrogens is 392 g/mol. The number of hydrogen-bond donors (Lipinski definition) is 1. The zero-order chi connectivity index (χ0) is 19.2. The predicted molar refractivity (Wildman–Crippen MR) is 120 cm³/mol. The van der Waals surface area contributed by atoms with Crippen molar-refractivity contribution >= 4 is 40.5 Å². The predicted octanol–water partition coefficient (Wildman–Crippen LogP) is 4.38. The van der Waals surface area contributed by atoms with E-state index in [-0.39, 0.29) is 18.3 Å². The number of amides is 1. The molecule has 0 spiro atoms. The van der Waals surface area contributed by atoms with Gasteiger partial charge >= 0.3 is 0 Å². The molecule has 1 aliphatic rings. The molecular formula is C21H31ClN4OS. The minimum atomic E-state index is -0.00917. The zero-order valence-corrected chi connectivity index (χ0v) is 18.6. The highest BCUT2D eigenvalue weighted by Crippen LogP contribution is 2.30. The highest BCUT2D eigenvalue weighted by Gasteiger charge is 2.21. The van der Waals surface area contributed by atoms with Gasteiger partial charge in [-0.2, -0.15) is 0 Å². The molecule has 1 amide bonds. The van der Waals surface area contributed by atoms with Crippen molar-refractivity contribution in [1.29, 1.82) is 0 Å². The van der Waals surface area contributed by atoms with Gasteiger partial charge < -0.3 is 5.32 Å². The number of aryl methyl sites for hydroxylation is 1. The number of piperidine rings is 1. The van der Waals surface area contributed by atoms with Crippen LogP contribution in [0, 0.1) is 12.8 Å². The summed E-state index contributed by atoms with van der Waals surface area (Å²) < 4.78 is 0. The summed E-state index contributed by atoms with van der Waals surface area (Å²) in [5, 5.41) is 6.10. The number of carbonyl (C=O) groups excluding carboxylic acids is 1. The van der Waals surface area contributed by atoms with Crippen molar-refractivity contribution in [3.8, 4) is 0 Å². The fraction of sp³-hybridized carbons (Fsp3) is 0.524. The van der Waals surface area contributed by atoms with Crippen LogP contribution < -0.4 is 10.2 Å². The molecule has 0 aliphatic carbocycles. The number of likely N-dealkylation sites (tertiary alicyclic amines) is 1. The topological polar surface area (TPSA) is 48.5 Å². The molecule has 0 bridgehead atoms. The second-order valence-corrected chi connectivity index (χ2v) is 8.26. The van der Waals surface area contributed by atoms with Gasteiger partial charge in [-0.05, 0) is 70.9 Å². The third kappa shape index (κ3) is 6.01. The Morgan fingerprint density at radius 1 is 1.29 bits per heavy atom. The minimum Gasteiger partial charge on any atom is -0.320 e. The second-order valence-electron chi connectivity index (χ2n) is 7.42. The first-order valence-corrected chi connectivity index (χ1v) is 10.6. The van der Waals surface area contributed by atoms with Crippen molar-refractivity contribution in [2.24, 2.45) is 5.92 Å². The van der Waals surface area contributed by atoms with Crippen LogP contribution in [0.1, 0.15) is 37.4 Å². The van der Waals surface area contributed by atoms with Gasteiger partial charge in [0.25, 0.3) is 0 Å². The molecule has 2 aromatic rings. The number of benzene rings is 1. The van der Waals surface area contributed by atoms with Gasteiger partial charge in [-0.25, -0.2) is 4.98 Å². The molecule has 1 aromatic carbocycles. The lowest BCUT2D eigenvalue weighted by atomic mass is 9.93. The number of rotatable bonds is 7. The van der Waals surface area contributed by atoms with Crippen LogP contribution in [0.3, 0.4) is 0 Å². The summed E-state index contributed by atoms with van der Waals surface area (Å²) in [6.45, 7) is 7.89. The van der Waals surface area contributed by atoms with Crippen LogP contribution in [0.4, 0.5) is 10.8 Å². The Morgan fingerprint density at radius 2 is 1.96 bits per heavy atom. The summed E-state index contributed by atoms with van der Waals surface area (Å²) in [6, 6.07) is 8.01. The maximum atomic E-state index is 12.2. The largest absolute Gasteiger partial charge is 0.320 e. The number of nitrogens with zero attached hydrogens (tertiary/aromatic N) is 3. The monoisotopic (exact) mass is 422 g/mol. The van der Waals surface area contributed by atoms with E-state index in [1.807, 2.05) is 38.2 Å². The molecule has 0 radical (unpaired) electrons. The molecule has 0 saturated carbocycles. The van der Waals surface area contributed by atoms with Crippen LogP contribution in [0.2, 0.25) is 0 Å². The van der Waals surface area contributed by atoms with E-state index >= 15 is 0 Å². The van der Waals surface area contributed by atoms with Crippen molar-refractivity contribution < 1.29 is 4.79 Å². The molecule has 3 rings (SSSR count). The minimum absolute atomic E-state index is 0. The first-order chi connectivity index (χ1) is 13.1. The van der Waals surface area contributed by atoms with E-state index in [0.717, 1.165) is 48.6 Å². The molecule has 2 heterocycles. The Balaban J connectivity index is 0.00000280. The van der Waals surface area contributed by atoms with Crippen LogP contribution in [0.25, 0.3) is 0 Å². The normalized spacial score (nSPS) is 15.2. The van der Waals surface area contributed by atoms with Crippen molar-refractivity contribution in [3.05, 3.63) is 40.9 Å². The van der Waals surface area contributed by atoms with E-state index in [4.69, 9.17) is 4.98 Å². The molecule has 154 valence electrons. The summed E-state index contributed by atoms with van der Waals surface area (Å²) in [4.78, 5) is 21.2. The average molecular weight is 423 g/mol. The summed E-state index contributed by atoms with van der Waals surface area (Å²) >= 11 is 1.54. The number of aromatic nitrogens is 1. The van der Waals surface area contributed by atoms with E-state index < -0.39 is 0 Å². The van der Waals surface area contributed by atoms with E-state index in [2.05, 4.69) is 15.6 Å². The lowest BCUT2D eigenvalue weighted by Gasteiger charge is -2.31. The van der Waals surface area contributed by atoms with Crippen LogP contribution in [0.5, 0.6) is 0 Å². The zero-order valence-electron chi connectivity index (χ0n) is 17.0. The Morgan fingerprint density at radius 3 is 2.57 bits per heavy atom. The molecule has 0 atom stereocenters. The number of hydrogen-bond acceptors (Lipinski definition) is 5. The van der Waals surface area contributed by atoms with Gasteiger partial charge in [0, 0.05) is 18.8 Å². The third-order valence-corrected chi connectivity index (χ3v) is 6.11. The van der Waals surface area contributed by atoms with Gasteiger partial charge in [0.15, 0.2) is 5.13 Å². The van der Waals surface area contributed by atoms with E-state index in [1.165, 1.54) is 24.8 Å². The summed E-state index contributed by atoms with van der Waals surface area (Å²) in [6.07, 6.45) is 3.80. The van der Waals surface area contributed by atoms with Gasteiger partial charge in [0.05, 0.1) is 11.4 Å². The Kier molecular flexibility index (Phi) is 8.89. The van der Waals surface area contributed by atoms with Crippen molar-refractivity contribution in [2.75, 3.05) is 31.6 Å². The van der Waals surface area contributed by atoms with Gasteiger partial charge in [-0.1, -0.05) is 17.7 Å². The molecule has 1 aromatic heterocycles. The van der Waals surface area contributed by atoms with Gasteiger partial charge in [-0.3, -0.25) is 14.6 Å².